The van der Waals surface area contributed by atoms with Gasteiger partial charge in [0.25, 0.3) is 5.91 Å². The predicted molar refractivity (Wildman–Crippen MR) is 68.9 cm³/mol. The smallest absolute Gasteiger partial charge is 0.257 e. The quantitative estimate of drug-likeness (QED) is 0.758. The molecule has 0 radical (unpaired) electrons. The molecule has 0 saturated carbocycles. The molecule has 0 aromatic carbocycles. The van der Waals surface area contributed by atoms with Crippen LogP contribution in [0.15, 0.2) is 24.1 Å². The van der Waals surface area contributed by atoms with Crippen molar-refractivity contribution in [3.8, 4) is 9.75 Å². The minimum Gasteiger partial charge on any atom is -0.322 e. The summed E-state index contributed by atoms with van der Waals surface area (Å²) in [5, 5.41) is 4.79. The van der Waals surface area contributed by atoms with Crippen LogP contribution in [0.5, 0.6) is 0 Å². The fourth-order valence-electron chi connectivity index (χ4n) is 1.84. The Hall–Kier alpha value is -1.39. The van der Waals surface area contributed by atoms with Crippen molar-refractivity contribution < 1.29 is 4.79 Å². The maximum absolute atomic E-state index is 11.9. The lowest BCUT2D eigenvalue weighted by atomic mass is 10.1. The Labute approximate surface area is 101 Å². The minimum absolute atomic E-state index is 0.0534. The first-order valence-electron chi connectivity index (χ1n) is 4.86. The van der Waals surface area contributed by atoms with Gasteiger partial charge in [-0.15, -0.1) is 22.7 Å². The van der Waals surface area contributed by atoms with Crippen molar-refractivity contribution in [1.29, 1.82) is 0 Å². The highest BCUT2D eigenvalue weighted by molar-refractivity contribution is 7.21. The summed E-state index contributed by atoms with van der Waals surface area (Å²) in [6.45, 7) is 5.99. The Morgan fingerprint density at radius 3 is 2.94 bits per heavy atom. The summed E-state index contributed by atoms with van der Waals surface area (Å²) in [6, 6.07) is 3.95. The Morgan fingerprint density at radius 1 is 1.31 bits per heavy atom. The first-order chi connectivity index (χ1) is 7.66. The van der Waals surface area contributed by atoms with Gasteiger partial charge in [-0.05, 0) is 24.4 Å². The second-order valence-corrected chi connectivity index (χ2v) is 5.87. The zero-order valence-corrected chi connectivity index (χ0v) is 10.3. The molecular formula is C12H9NOS2. The number of fused-ring (bicyclic) bond motifs is 3. The molecule has 1 N–H and O–H groups in total. The highest BCUT2D eigenvalue weighted by atomic mass is 32.1. The van der Waals surface area contributed by atoms with E-state index in [9.17, 15) is 4.79 Å². The average Bonchev–Trinajstić information content (AvgIpc) is 2.80. The molecule has 0 spiro atoms. The van der Waals surface area contributed by atoms with Crippen LogP contribution in [0.2, 0.25) is 0 Å². The van der Waals surface area contributed by atoms with Gasteiger partial charge in [-0.1, -0.05) is 6.58 Å². The number of carbonyl (C=O) groups excluding carboxylic acids is 1. The maximum Gasteiger partial charge on any atom is 0.257 e. The molecule has 0 bridgehead atoms. The molecule has 1 amide bonds. The molecule has 0 atom stereocenters. The van der Waals surface area contributed by atoms with E-state index in [0.29, 0.717) is 5.70 Å². The van der Waals surface area contributed by atoms with Crippen molar-refractivity contribution in [1.82, 2.24) is 5.32 Å². The fraction of sp³-hybridized carbons (Fsp3) is 0.0833. The van der Waals surface area contributed by atoms with Crippen molar-refractivity contribution >= 4 is 34.3 Å². The van der Waals surface area contributed by atoms with Crippen molar-refractivity contribution in [2.45, 2.75) is 6.92 Å². The molecule has 1 aliphatic heterocycles. The van der Waals surface area contributed by atoms with Crippen molar-refractivity contribution in [3.05, 3.63) is 40.1 Å². The fourth-order valence-corrected chi connectivity index (χ4v) is 3.95. The Balaban J connectivity index is 2.35. The zero-order chi connectivity index (χ0) is 11.3. The van der Waals surface area contributed by atoms with Crippen molar-refractivity contribution in [3.63, 3.8) is 0 Å². The first-order valence-corrected chi connectivity index (χ1v) is 6.55. The number of aryl methyl sites for hydroxylation is 1. The minimum atomic E-state index is -0.0534. The summed E-state index contributed by atoms with van der Waals surface area (Å²) in [4.78, 5) is 15.3. The van der Waals surface area contributed by atoms with E-state index >= 15 is 0 Å². The summed E-state index contributed by atoms with van der Waals surface area (Å²) >= 11 is 3.32. The van der Waals surface area contributed by atoms with Crippen LogP contribution < -0.4 is 5.32 Å². The lowest BCUT2D eigenvalue weighted by Crippen LogP contribution is -2.19. The van der Waals surface area contributed by atoms with Gasteiger partial charge in [0.15, 0.2) is 0 Å². The third-order valence-electron chi connectivity index (χ3n) is 2.56. The largest absolute Gasteiger partial charge is 0.322 e. The summed E-state index contributed by atoms with van der Waals surface area (Å²) in [6.07, 6.45) is 0. The molecule has 2 aromatic rings. The number of carbonyl (C=O) groups is 1. The summed E-state index contributed by atoms with van der Waals surface area (Å²) < 4.78 is 0. The Bertz CT molecular complexity index is 606. The topological polar surface area (TPSA) is 29.1 Å². The lowest BCUT2D eigenvalue weighted by molar-refractivity contribution is 0.0975. The molecule has 1 aliphatic rings. The molecule has 0 aliphatic carbocycles. The standard InChI is InChI=1S/C12H9NOS2/c1-6-5-9-7(2)13-12(14)8-3-4-15-10(8)11(9)16-6/h3-5H,2H2,1H3,(H,13,14). The van der Waals surface area contributed by atoms with Gasteiger partial charge in [-0.25, -0.2) is 0 Å². The molecule has 16 heavy (non-hydrogen) atoms. The van der Waals surface area contributed by atoms with Crippen LogP contribution in [-0.2, 0) is 0 Å². The summed E-state index contributed by atoms with van der Waals surface area (Å²) in [5.74, 6) is -0.0534. The van der Waals surface area contributed by atoms with Gasteiger partial charge in [-0.3, -0.25) is 4.79 Å². The molecule has 0 fully saturated rings. The van der Waals surface area contributed by atoms with Gasteiger partial charge in [0, 0.05) is 16.1 Å². The van der Waals surface area contributed by atoms with Gasteiger partial charge in [0.1, 0.15) is 0 Å². The highest BCUT2D eigenvalue weighted by Crippen LogP contribution is 2.41. The molecule has 3 rings (SSSR count). The maximum atomic E-state index is 11.9. The first kappa shape index (κ1) is 9.81. The van der Waals surface area contributed by atoms with E-state index in [1.54, 1.807) is 22.7 Å². The Kier molecular flexibility index (Phi) is 2.02. The number of rotatable bonds is 0. The lowest BCUT2D eigenvalue weighted by Gasteiger charge is -2.02. The Morgan fingerprint density at radius 2 is 2.12 bits per heavy atom. The van der Waals surface area contributed by atoms with Crippen LogP contribution in [0.1, 0.15) is 20.8 Å². The van der Waals surface area contributed by atoms with E-state index in [4.69, 9.17) is 0 Å². The SMILES string of the molecule is C=C1NC(=O)c2ccsc2-c2sc(C)cc21. The molecule has 3 heterocycles. The van der Waals surface area contributed by atoms with E-state index < -0.39 is 0 Å². The third kappa shape index (κ3) is 1.27. The van der Waals surface area contributed by atoms with Crippen LogP contribution in [0.25, 0.3) is 15.5 Å². The molecule has 2 nitrogen and oxygen atoms in total. The van der Waals surface area contributed by atoms with Crippen LogP contribution >= 0.6 is 22.7 Å². The van der Waals surface area contributed by atoms with E-state index in [1.807, 2.05) is 11.4 Å². The number of nitrogens with one attached hydrogen (secondary N) is 1. The van der Waals surface area contributed by atoms with Crippen LogP contribution in [0, 0.1) is 6.92 Å². The number of hydrogen-bond acceptors (Lipinski definition) is 3. The van der Waals surface area contributed by atoms with Gasteiger partial charge >= 0.3 is 0 Å². The summed E-state index contributed by atoms with van der Waals surface area (Å²) in [5.41, 5.74) is 2.51. The van der Waals surface area contributed by atoms with E-state index in [2.05, 4.69) is 24.9 Å². The zero-order valence-electron chi connectivity index (χ0n) is 8.66. The molecule has 4 heteroatoms. The van der Waals surface area contributed by atoms with Crippen molar-refractivity contribution in [2.75, 3.05) is 0 Å². The second-order valence-electron chi connectivity index (χ2n) is 3.70. The van der Waals surface area contributed by atoms with E-state index in [-0.39, 0.29) is 5.91 Å². The monoisotopic (exact) mass is 247 g/mol. The third-order valence-corrected chi connectivity index (χ3v) is 4.69. The van der Waals surface area contributed by atoms with E-state index in [1.165, 1.54) is 4.88 Å². The van der Waals surface area contributed by atoms with Gasteiger partial charge < -0.3 is 5.32 Å². The predicted octanol–water partition coefficient (Wildman–Crippen LogP) is 3.50. The van der Waals surface area contributed by atoms with Crippen molar-refractivity contribution in [2.24, 2.45) is 0 Å². The van der Waals surface area contributed by atoms with Crippen LogP contribution in [0.3, 0.4) is 0 Å². The molecule has 0 unspecified atom stereocenters. The van der Waals surface area contributed by atoms with Gasteiger partial charge in [0.05, 0.1) is 15.3 Å². The molecule has 0 saturated heterocycles. The normalized spacial score (nSPS) is 14.1. The van der Waals surface area contributed by atoms with Crippen LogP contribution in [-0.4, -0.2) is 5.91 Å². The second kappa shape index (κ2) is 3.30. The average molecular weight is 247 g/mol. The summed E-state index contributed by atoms with van der Waals surface area (Å²) in [7, 11) is 0. The van der Waals surface area contributed by atoms with Gasteiger partial charge in [0.2, 0.25) is 0 Å². The molecular weight excluding hydrogens is 238 g/mol. The van der Waals surface area contributed by atoms with Crippen LogP contribution in [0.4, 0.5) is 0 Å². The van der Waals surface area contributed by atoms with E-state index in [0.717, 1.165) is 20.9 Å². The number of amides is 1. The highest BCUT2D eigenvalue weighted by Gasteiger charge is 2.24. The molecule has 2 aromatic heterocycles. The molecule has 80 valence electrons. The number of thiophene rings is 2. The number of hydrogen-bond donors (Lipinski definition) is 1. The van der Waals surface area contributed by atoms with Gasteiger partial charge in [-0.2, -0.15) is 0 Å².